The molecule has 0 amide bonds. The number of anilines is 1. The Morgan fingerprint density at radius 1 is 1.59 bits per heavy atom. The molecule has 1 N–H and O–H groups in total. The molecule has 0 bridgehead atoms. The zero-order valence-corrected chi connectivity index (χ0v) is 9.80. The fraction of sp³-hybridized carbons (Fsp3) is 0.500. The molecule has 0 spiro atoms. The molecular formula is C12H16N2O3. The van der Waals surface area contributed by atoms with E-state index >= 15 is 0 Å². The summed E-state index contributed by atoms with van der Waals surface area (Å²) in [5.74, 6) is 0. The highest BCUT2D eigenvalue weighted by Crippen LogP contribution is 2.29. The zero-order valence-electron chi connectivity index (χ0n) is 9.80. The van der Waals surface area contributed by atoms with Crippen molar-refractivity contribution in [1.29, 1.82) is 0 Å². The summed E-state index contributed by atoms with van der Waals surface area (Å²) in [4.78, 5) is 12.5. The van der Waals surface area contributed by atoms with Crippen molar-refractivity contribution in [3.63, 3.8) is 0 Å². The number of nitro benzene ring substituents is 1. The molecule has 1 atom stereocenters. The number of hydrogen-bond donors (Lipinski definition) is 1. The van der Waals surface area contributed by atoms with Gasteiger partial charge in [-0.05, 0) is 31.9 Å². The minimum absolute atomic E-state index is 0.135. The van der Waals surface area contributed by atoms with Crippen molar-refractivity contribution in [2.24, 2.45) is 0 Å². The Balaban J connectivity index is 2.28. The number of rotatable bonds is 3. The molecule has 1 aliphatic rings. The van der Waals surface area contributed by atoms with E-state index < -0.39 is 0 Å². The predicted molar refractivity (Wildman–Crippen MR) is 65.3 cm³/mol. The summed E-state index contributed by atoms with van der Waals surface area (Å²) in [7, 11) is 0. The maximum absolute atomic E-state index is 10.7. The average Bonchev–Trinajstić information content (AvgIpc) is 2.76. The third-order valence-electron chi connectivity index (χ3n) is 3.30. The predicted octanol–water partition coefficient (Wildman–Crippen LogP) is 1.86. The second-order valence-corrected chi connectivity index (χ2v) is 4.40. The van der Waals surface area contributed by atoms with Crippen LogP contribution in [0, 0.1) is 17.0 Å². The standard InChI is InChI=1S/C12H16N2O3/c1-9-7-10(4-5-12(9)14(16)17)13-6-2-3-11(13)8-15/h4-5,7,11,15H,2-3,6,8H2,1H3/t11-/m1/s1. The zero-order chi connectivity index (χ0) is 12.4. The number of aliphatic hydroxyl groups excluding tert-OH is 1. The topological polar surface area (TPSA) is 66.6 Å². The SMILES string of the molecule is Cc1cc(N2CCC[C@@H]2CO)ccc1[N+](=O)[O-]. The number of nitro groups is 1. The lowest BCUT2D eigenvalue weighted by Gasteiger charge is -2.25. The highest BCUT2D eigenvalue weighted by Gasteiger charge is 2.24. The lowest BCUT2D eigenvalue weighted by Crippen LogP contribution is -2.31. The molecule has 0 aromatic heterocycles. The first-order chi connectivity index (χ1) is 8.13. The number of aliphatic hydroxyl groups is 1. The fourth-order valence-corrected chi connectivity index (χ4v) is 2.39. The van der Waals surface area contributed by atoms with Crippen molar-refractivity contribution in [2.75, 3.05) is 18.1 Å². The maximum Gasteiger partial charge on any atom is 0.272 e. The first kappa shape index (κ1) is 11.9. The van der Waals surface area contributed by atoms with Crippen molar-refractivity contribution in [3.8, 4) is 0 Å². The molecule has 5 heteroatoms. The van der Waals surface area contributed by atoms with Crippen molar-refractivity contribution in [1.82, 2.24) is 0 Å². The van der Waals surface area contributed by atoms with Crippen LogP contribution < -0.4 is 4.90 Å². The van der Waals surface area contributed by atoms with Gasteiger partial charge in [0.2, 0.25) is 0 Å². The smallest absolute Gasteiger partial charge is 0.272 e. The number of nitrogens with zero attached hydrogens (tertiary/aromatic N) is 2. The molecule has 2 rings (SSSR count). The van der Waals surface area contributed by atoms with Crippen molar-refractivity contribution >= 4 is 11.4 Å². The summed E-state index contributed by atoms with van der Waals surface area (Å²) in [6, 6.07) is 5.28. The fourth-order valence-electron chi connectivity index (χ4n) is 2.39. The number of benzene rings is 1. The molecule has 17 heavy (non-hydrogen) atoms. The van der Waals surface area contributed by atoms with Gasteiger partial charge in [0.1, 0.15) is 0 Å². The summed E-state index contributed by atoms with van der Waals surface area (Å²) in [6.45, 7) is 2.78. The monoisotopic (exact) mass is 236 g/mol. The Bertz CT molecular complexity index is 434. The first-order valence-electron chi connectivity index (χ1n) is 5.76. The lowest BCUT2D eigenvalue weighted by molar-refractivity contribution is -0.385. The summed E-state index contributed by atoms with van der Waals surface area (Å²) in [6.07, 6.45) is 2.04. The molecule has 1 saturated heterocycles. The Kier molecular flexibility index (Phi) is 3.28. The molecule has 5 nitrogen and oxygen atoms in total. The van der Waals surface area contributed by atoms with Crippen LogP contribution in [0.4, 0.5) is 11.4 Å². The quantitative estimate of drug-likeness (QED) is 0.642. The molecule has 92 valence electrons. The van der Waals surface area contributed by atoms with Crippen LogP contribution in [0.1, 0.15) is 18.4 Å². The van der Waals surface area contributed by atoms with Gasteiger partial charge in [-0.1, -0.05) is 0 Å². The molecule has 0 saturated carbocycles. The molecular weight excluding hydrogens is 220 g/mol. The van der Waals surface area contributed by atoms with E-state index in [2.05, 4.69) is 4.90 Å². The largest absolute Gasteiger partial charge is 0.394 e. The molecule has 1 heterocycles. The summed E-state index contributed by atoms with van der Waals surface area (Å²) < 4.78 is 0. The number of hydrogen-bond acceptors (Lipinski definition) is 4. The van der Waals surface area contributed by atoms with E-state index in [1.54, 1.807) is 13.0 Å². The van der Waals surface area contributed by atoms with Crippen LogP contribution in [0.15, 0.2) is 18.2 Å². The van der Waals surface area contributed by atoms with Crippen LogP contribution >= 0.6 is 0 Å². The molecule has 0 unspecified atom stereocenters. The van der Waals surface area contributed by atoms with Gasteiger partial charge in [0.15, 0.2) is 0 Å². The van der Waals surface area contributed by atoms with Gasteiger partial charge in [0, 0.05) is 23.9 Å². The Morgan fingerprint density at radius 3 is 2.94 bits per heavy atom. The van der Waals surface area contributed by atoms with Crippen LogP contribution in [0.2, 0.25) is 0 Å². The van der Waals surface area contributed by atoms with Crippen LogP contribution in [-0.4, -0.2) is 29.2 Å². The van der Waals surface area contributed by atoms with E-state index in [1.165, 1.54) is 6.07 Å². The maximum atomic E-state index is 10.7. The lowest BCUT2D eigenvalue weighted by atomic mass is 10.1. The summed E-state index contributed by atoms with van der Waals surface area (Å²) in [5.41, 5.74) is 1.77. The van der Waals surface area contributed by atoms with Crippen LogP contribution in [0.5, 0.6) is 0 Å². The summed E-state index contributed by atoms with van der Waals surface area (Å²) >= 11 is 0. The first-order valence-corrected chi connectivity index (χ1v) is 5.76. The third kappa shape index (κ3) is 2.24. The van der Waals surface area contributed by atoms with Gasteiger partial charge < -0.3 is 10.0 Å². The van der Waals surface area contributed by atoms with Gasteiger partial charge in [-0.25, -0.2) is 0 Å². The van der Waals surface area contributed by atoms with E-state index in [0.29, 0.717) is 5.56 Å². The Hall–Kier alpha value is -1.62. The van der Waals surface area contributed by atoms with Crippen molar-refractivity contribution < 1.29 is 10.0 Å². The average molecular weight is 236 g/mol. The van der Waals surface area contributed by atoms with Crippen molar-refractivity contribution in [2.45, 2.75) is 25.8 Å². The molecule has 0 aliphatic carbocycles. The minimum Gasteiger partial charge on any atom is -0.394 e. The molecule has 0 radical (unpaired) electrons. The molecule has 1 fully saturated rings. The normalized spacial score (nSPS) is 19.6. The van der Waals surface area contributed by atoms with Gasteiger partial charge in [-0.3, -0.25) is 10.1 Å². The number of aryl methyl sites for hydroxylation is 1. The van der Waals surface area contributed by atoms with Gasteiger partial charge in [-0.15, -0.1) is 0 Å². The van der Waals surface area contributed by atoms with Gasteiger partial charge in [0.05, 0.1) is 17.6 Å². The highest BCUT2D eigenvalue weighted by molar-refractivity contribution is 5.56. The third-order valence-corrected chi connectivity index (χ3v) is 3.30. The molecule has 1 aromatic carbocycles. The van der Waals surface area contributed by atoms with E-state index in [1.807, 2.05) is 6.07 Å². The molecule has 1 aromatic rings. The van der Waals surface area contributed by atoms with E-state index in [9.17, 15) is 15.2 Å². The Labute approximate surface area is 99.8 Å². The Morgan fingerprint density at radius 2 is 2.35 bits per heavy atom. The van der Waals surface area contributed by atoms with Gasteiger partial charge in [-0.2, -0.15) is 0 Å². The van der Waals surface area contributed by atoms with Crippen LogP contribution in [0.25, 0.3) is 0 Å². The second kappa shape index (κ2) is 4.71. The van der Waals surface area contributed by atoms with Crippen molar-refractivity contribution in [3.05, 3.63) is 33.9 Å². The van der Waals surface area contributed by atoms with E-state index in [0.717, 1.165) is 25.1 Å². The van der Waals surface area contributed by atoms with Crippen LogP contribution in [0.3, 0.4) is 0 Å². The summed E-state index contributed by atoms with van der Waals surface area (Å²) in [5, 5.41) is 20.0. The highest BCUT2D eigenvalue weighted by atomic mass is 16.6. The van der Waals surface area contributed by atoms with E-state index in [4.69, 9.17) is 0 Å². The molecule has 1 aliphatic heterocycles. The van der Waals surface area contributed by atoms with Crippen LogP contribution in [-0.2, 0) is 0 Å². The van der Waals surface area contributed by atoms with Gasteiger partial charge >= 0.3 is 0 Å². The minimum atomic E-state index is -0.368. The second-order valence-electron chi connectivity index (χ2n) is 4.40. The van der Waals surface area contributed by atoms with Gasteiger partial charge in [0.25, 0.3) is 5.69 Å². The van der Waals surface area contributed by atoms with E-state index in [-0.39, 0.29) is 23.3 Å².